The zero-order valence-electron chi connectivity index (χ0n) is 13.6. The fraction of sp³-hybridized carbons (Fsp3) is 1.00. The van der Waals surface area contributed by atoms with E-state index in [9.17, 15) is 0 Å². The lowest BCUT2D eigenvalue weighted by atomic mass is 9.69. The second-order valence-corrected chi connectivity index (χ2v) is 8.02. The number of fused-ring (bicyclic) bond motifs is 1. The van der Waals surface area contributed by atoms with Crippen molar-refractivity contribution in [1.29, 1.82) is 0 Å². The third-order valence-corrected chi connectivity index (χ3v) is 6.65. The molecule has 0 amide bonds. The SMILES string of the molecule is C[C@H](NC1CCC2CCCCC2C1)C1CCCCCC1. The van der Waals surface area contributed by atoms with Crippen molar-refractivity contribution >= 4 is 0 Å². The standard InChI is InChI=1S/C19H35N/c1-15(16-8-4-2-3-5-9-16)20-19-13-12-17-10-6-7-11-18(17)14-19/h15-20H,2-14H2,1H3/t15-,17?,18?,19?/m0/s1. The van der Waals surface area contributed by atoms with E-state index < -0.39 is 0 Å². The van der Waals surface area contributed by atoms with Crippen LogP contribution in [0.1, 0.15) is 90.4 Å². The molecule has 116 valence electrons. The molecule has 4 atom stereocenters. The Bertz CT molecular complexity index is 279. The first kappa shape index (κ1) is 14.9. The van der Waals surface area contributed by atoms with Gasteiger partial charge in [-0.3, -0.25) is 0 Å². The minimum atomic E-state index is 0.762. The van der Waals surface area contributed by atoms with Gasteiger partial charge in [-0.1, -0.05) is 51.4 Å². The topological polar surface area (TPSA) is 12.0 Å². The van der Waals surface area contributed by atoms with E-state index in [1.807, 2.05) is 0 Å². The molecule has 0 radical (unpaired) electrons. The van der Waals surface area contributed by atoms with Crippen LogP contribution in [0.4, 0.5) is 0 Å². The molecular weight excluding hydrogens is 242 g/mol. The molecule has 0 aliphatic heterocycles. The van der Waals surface area contributed by atoms with Gasteiger partial charge in [-0.15, -0.1) is 0 Å². The van der Waals surface area contributed by atoms with E-state index in [1.165, 1.54) is 83.5 Å². The first-order valence-corrected chi connectivity index (χ1v) is 9.59. The van der Waals surface area contributed by atoms with Crippen molar-refractivity contribution < 1.29 is 0 Å². The largest absolute Gasteiger partial charge is 0.311 e. The molecule has 1 N–H and O–H groups in total. The predicted octanol–water partition coefficient (Wildman–Crippen LogP) is 5.29. The summed E-state index contributed by atoms with van der Waals surface area (Å²) in [6.07, 6.45) is 19.4. The second kappa shape index (κ2) is 7.29. The molecule has 3 rings (SSSR count). The summed E-state index contributed by atoms with van der Waals surface area (Å²) in [5.74, 6) is 3.12. The summed E-state index contributed by atoms with van der Waals surface area (Å²) in [6.45, 7) is 2.48. The highest BCUT2D eigenvalue weighted by molar-refractivity contribution is 4.88. The molecule has 0 aromatic rings. The van der Waals surface area contributed by atoms with Crippen molar-refractivity contribution in [1.82, 2.24) is 5.32 Å². The van der Waals surface area contributed by atoms with Gasteiger partial charge in [-0.25, -0.2) is 0 Å². The Morgan fingerprint density at radius 3 is 2.10 bits per heavy atom. The minimum absolute atomic E-state index is 0.762. The van der Waals surface area contributed by atoms with Crippen LogP contribution in [0.5, 0.6) is 0 Å². The van der Waals surface area contributed by atoms with Gasteiger partial charge in [0.25, 0.3) is 0 Å². The molecule has 0 aromatic carbocycles. The fourth-order valence-corrected chi connectivity index (χ4v) is 5.34. The Labute approximate surface area is 126 Å². The normalized spacial score (nSPS) is 38.0. The lowest BCUT2D eigenvalue weighted by Crippen LogP contribution is -2.45. The second-order valence-electron chi connectivity index (χ2n) is 8.02. The van der Waals surface area contributed by atoms with Gasteiger partial charge in [-0.2, -0.15) is 0 Å². The van der Waals surface area contributed by atoms with E-state index in [2.05, 4.69) is 12.2 Å². The molecule has 0 saturated heterocycles. The average molecular weight is 277 g/mol. The van der Waals surface area contributed by atoms with Crippen LogP contribution in [0.15, 0.2) is 0 Å². The van der Waals surface area contributed by atoms with Gasteiger partial charge in [-0.05, 0) is 56.8 Å². The van der Waals surface area contributed by atoms with Crippen LogP contribution in [-0.4, -0.2) is 12.1 Å². The van der Waals surface area contributed by atoms with E-state index in [1.54, 1.807) is 0 Å². The maximum Gasteiger partial charge on any atom is 0.00724 e. The molecular formula is C19H35N. The molecule has 3 saturated carbocycles. The van der Waals surface area contributed by atoms with Gasteiger partial charge in [0.2, 0.25) is 0 Å². The lowest BCUT2D eigenvalue weighted by molar-refractivity contribution is 0.133. The molecule has 0 bridgehead atoms. The van der Waals surface area contributed by atoms with Crippen molar-refractivity contribution in [3.05, 3.63) is 0 Å². The summed E-state index contributed by atoms with van der Waals surface area (Å²) < 4.78 is 0. The zero-order valence-corrected chi connectivity index (χ0v) is 13.6. The van der Waals surface area contributed by atoms with Gasteiger partial charge in [0.15, 0.2) is 0 Å². The molecule has 20 heavy (non-hydrogen) atoms. The van der Waals surface area contributed by atoms with Crippen LogP contribution in [-0.2, 0) is 0 Å². The quantitative estimate of drug-likeness (QED) is 0.691. The van der Waals surface area contributed by atoms with Crippen LogP contribution in [0.2, 0.25) is 0 Å². The molecule has 3 aliphatic rings. The Morgan fingerprint density at radius 1 is 0.700 bits per heavy atom. The summed E-state index contributed by atoms with van der Waals surface area (Å²) in [4.78, 5) is 0. The monoisotopic (exact) mass is 277 g/mol. The summed E-state index contributed by atoms with van der Waals surface area (Å²) in [7, 11) is 0. The van der Waals surface area contributed by atoms with E-state index in [4.69, 9.17) is 0 Å². The van der Waals surface area contributed by atoms with Crippen LogP contribution in [0.3, 0.4) is 0 Å². The van der Waals surface area contributed by atoms with E-state index in [0.717, 1.165) is 29.8 Å². The smallest absolute Gasteiger partial charge is 0.00724 e. The highest BCUT2D eigenvalue weighted by Gasteiger charge is 2.33. The number of hydrogen-bond donors (Lipinski definition) is 1. The number of hydrogen-bond acceptors (Lipinski definition) is 1. The third-order valence-electron chi connectivity index (χ3n) is 6.65. The predicted molar refractivity (Wildman–Crippen MR) is 86.9 cm³/mol. The molecule has 1 nitrogen and oxygen atoms in total. The molecule has 3 aliphatic carbocycles. The van der Waals surface area contributed by atoms with Crippen molar-refractivity contribution in [2.24, 2.45) is 17.8 Å². The van der Waals surface area contributed by atoms with E-state index in [0.29, 0.717) is 0 Å². The first-order valence-electron chi connectivity index (χ1n) is 9.59. The third kappa shape index (κ3) is 3.78. The number of nitrogens with one attached hydrogen (secondary N) is 1. The van der Waals surface area contributed by atoms with Gasteiger partial charge in [0, 0.05) is 12.1 Å². The van der Waals surface area contributed by atoms with Crippen LogP contribution >= 0.6 is 0 Å². The average Bonchev–Trinajstić information content (AvgIpc) is 2.76. The van der Waals surface area contributed by atoms with Gasteiger partial charge < -0.3 is 5.32 Å². The Hall–Kier alpha value is -0.0400. The number of rotatable bonds is 3. The van der Waals surface area contributed by atoms with Gasteiger partial charge in [0.05, 0.1) is 0 Å². The molecule has 1 heteroatoms. The summed E-state index contributed by atoms with van der Waals surface area (Å²) in [5.41, 5.74) is 0. The van der Waals surface area contributed by atoms with Crippen LogP contribution in [0.25, 0.3) is 0 Å². The molecule has 0 heterocycles. The van der Waals surface area contributed by atoms with Crippen molar-refractivity contribution in [3.8, 4) is 0 Å². The Morgan fingerprint density at radius 2 is 1.35 bits per heavy atom. The van der Waals surface area contributed by atoms with Crippen molar-refractivity contribution in [2.75, 3.05) is 0 Å². The fourth-order valence-electron chi connectivity index (χ4n) is 5.34. The van der Waals surface area contributed by atoms with Crippen molar-refractivity contribution in [3.63, 3.8) is 0 Å². The van der Waals surface area contributed by atoms with Gasteiger partial charge >= 0.3 is 0 Å². The van der Waals surface area contributed by atoms with E-state index in [-0.39, 0.29) is 0 Å². The van der Waals surface area contributed by atoms with Crippen molar-refractivity contribution in [2.45, 2.75) is 102 Å². The highest BCUT2D eigenvalue weighted by Crippen LogP contribution is 2.40. The van der Waals surface area contributed by atoms with Crippen LogP contribution in [0, 0.1) is 17.8 Å². The summed E-state index contributed by atoms with van der Waals surface area (Å²) >= 11 is 0. The summed E-state index contributed by atoms with van der Waals surface area (Å²) in [6, 6.07) is 1.60. The molecule has 3 unspecified atom stereocenters. The van der Waals surface area contributed by atoms with Gasteiger partial charge in [0.1, 0.15) is 0 Å². The van der Waals surface area contributed by atoms with E-state index >= 15 is 0 Å². The first-order chi connectivity index (χ1) is 9.83. The maximum atomic E-state index is 4.05. The summed E-state index contributed by atoms with van der Waals surface area (Å²) in [5, 5.41) is 4.05. The lowest BCUT2D eigenvalue weighted by Gasteiger charge is -2.41. The molecule has 3 fully saturated rings. The molecule has 0 spiro atoms. The van der Waals surface area contributed by atoms with Crippen LogP contribution < -0.4 is 5.32 Å². The highest BCUT2D eigenvalue weighted by atomic mass is 15.0. The molecule has 0 aromatic heterocycles. The Balaban J connectivity index is 1.47. The zero-order chi connectivity index (χ0) is 13.8. The maximum absolute atomic E-state index is 4.05. The Kier molecular flexibility index (Phi) is 5.42. The minimum Gasteiger partial charge on any atom is -0.311 e.